The van der Waals surface area contributed by atoms with Crippen LogP contribution in [0.1, 0.15) is 5.56 Å². The summed E-state index contributed by atoms with van der Waals surface area (Å²) >= 11 is 0. The van der Waals surface area contributed by atoms with Gasteiger partial charge in [-0.3, -0.25) is 9.59 Å². The van der Waals surface area contributed by atoms with Gasteiger partial charge in [0.25, 0.3) is 0 Å². The number of hydrogen-bond donors (Lipinski definition) is 2. The molecule has 0 heterocycles. The Morgan fingerprint density at radius 1 is 1.05 bits per heavy atom. The molecule has 0 unspecified atom stereocenters. The van der Waals surface area contributed by atoms with Crippen molar-refractivity contribution in [1.82, 2.24) is 10.6 Å². The van der Waals surface area contributed by atoms with E-state index in [4.69, 9.17) is 9.47 Å². The van der Waals surface area contributed by atoms with E-state index in [1.54, 1.807) is 0 Å². The molecule has 0 aliphatic carbocycles. The smallest absolute Gasteiger partial charge is 0.309 e. The maximum Gasteiger partial charge on any atom is 0.309 e. The lowest BCUT2D eigenvalue weighted by Gasteiger charge is -2.13. The largest absolute Gasteiger partial charge is 0.354 e. The van der Waals surface area contributed by atoms with E-state index in [-0.39, 0.29) is 6.54 Å². The fraction of sp³-hybridized carbons (Fsp3) is 0.385. The summed E-state index contributed by atoms with van der Waals surface area (Å²) in [6, 6.07) is 9.34. The first kappa shape index (κ1) is 15.1. The summed E-state index contributed by atoms with van der Waals surface area (Å²) in [4.78, 5) is 23.0. The van der Waals surface area contributed by atoms with Crippen LogP contribution >= 0.6 is 0 Å². The molecule has 0 aliphatic rings. The Balaban J connectivity index is 2.31. The molecule has 1 aromatic rings. The lowest BCUT2D eigenvalue weighted by Crippen LogP contribution is -2.43. The first-order valence-electron chi connectivity index (χ1n) is 5.83. The summed E-state index contributed by atoms with van der Waals surface area (Å²) in [5.74, 6) is -1.40. The molecule has 104 valence electrons. The Morgan fingerprint density at radius 2 is 1.63 bits per heavy atom. The van der Waals surface area contributed by atoms with Crippen molar-refractivity contribution in [3.8, 4) is 0 Å². The number of benzene rings is 1. The predicted octanol–water partition coefficient (Wildman–Crippen LogP) is 0.0379. The Labute approximate surface area is 112 Å². The van der Waals surface area contributed by atoms with Gasteiger partial charge in [0, 0.05) is 20.8 Å². The molecule has 0 bridgehead atoms. The number of carbonyl (C=O) groups excluding carboxylic acids is 2. The molecule has 2 N–H and O–H groups in total. The van der Waals surface area contributed by atoms with Crippen LogP contribution < -0.4 is 10.6 Å². The van der Waals surface area contributed by atoms with E-state index in [0.717, 1.165) is 5.56 Å². The standard InChI is InChI=1S/C13H18N2O4/c1-18-11(19-2)9-15-13(17)12(16)14-8-10-6-4-3-5-7-10/h3-7,11H,8-9H2,1-2H3,(H,14,16)(H,15,17). The zero-order chi connectivity index (χ0) is 14.1. The van der Waals surface area contributed by atoms with Gasteiger partial charge in [0.15, 0.2) is 6.29 Å². The number of methoxy groups -OCH3 is 2. The van der Waals surface area contributed by atoms with Crippen molar-refractivity contribution in [3.05, 3.63) is 35.9 Å². The topological polar surface area (TPSA) is 76.7 Å². The van der Waals surface area contributed by atoms with Gasteiger partial charge in [-0.15, -0.1) is 0 Å². The van der Waals surface area contributed by atoms with Gasteiger partial charge in [-0.25, -0.2) is 0 Å². The highest BCUT2D eigenvalue weighted by Gasteiger charge is 2.14. The molecule has 0 saturated heterocycles. The van der Waals surface area contributed by atoms with Gasteiger partial charge in [-0.05, 0) is 5.56 Å². The minimum Gasteiger partial charge on any atom is -0.354 e. The quantitative estimate of drug-likeness (QED) is 0.563. The zero-order valence-corrected chi connectivity index (χ0v) is 11.0. The summed E-state index contributed by atoms with van der Waals surface area (Å²) in [6.45, 7) is 0.426. The number of carbonyl (C=O) groups is 2. The van der Waals surface area contributed by atoms with Crippen molar-refractivity contribution in [2.24, 2.45) is 0 Å². The van der Waals surface area contributed by atoms with Gasteiger partial charge < -0.3 is 20.1 Å². The zero-order valence-electron chi connectivity index (χ0n) is 11.0. The van der Waals surface area contributed by atoms with Gasteiger partial charge >= 0.3 is 11.8 Å². The van der Waals surface area contributed by atoms with Gasteiger partial charge in [0.1, 0.15) is 0 Å². The van der Waals surface area contributed by atoms with Crippen molar-refractivity contribution in [3.63, 3.8) is 0 Å². The molecule has 0 saturated carbocycles. The van der Waals surface area contributed by atoms with E-state index in [0.29, 0.717) is 6.54 Å². The third-order valence-electron chi connectivity index (χ3n) is 2.46. The highest BCUT2D eigenvalue weighted by atomic mass is 16.7. The molecule has 2 amide bonds. The summed E-state index contributed by atoms with van der Waals surface area (Å²) in [5.41, 5.74) is 0.926. The molecule has 0 atom stereocenters. The van der Waals surface area contributed by atoms with Crippen LogP contribution in [0.3, 0.4) is 0 Å². The average Bonchev–Trinajstić information content (AvgIpc) is 2.46. The van der Waals surface area contributed by atoms with Gasteiger partial charge in [-0.1, -0.05) is 30.3 Å². The molecular weight excluding hydrogens is 248 g/mol. The number of rotatable bonds is 6. The van der Waals surface area contributed by atoms with Gasteiger partial charge in [0.2, 0.25) is 0 Å². The minimum absolute atomic E-state index is 0.116. The second-order valence-electron chi connectivity index (χ2n) is 3.78. The van der Waals surface area contributed by atoms with Crippen LogP contribution in [-0.2, 0) is 25.6 Å². The van der Waals surface area contributed by atoms with Crippen molar-refractivity contribution in [2.45, 2.75) is 12.8 Å². The maximum absolute atomic E-state index is 11.5. The third-order valence-corrected chi connectivity index (χ3v) is 2.46. The van der Waals surface area contributed by atoms with Crippen LogP contribution in [0.2, 0.25) is 0 Å². The first-order chi connectivity index (χ1) is 9.17. The number of ether oxygens (including phenoxy) is 2. The van der Waals surface area contributed by atoms with Crippen molar-refractivity contribution >= 4 is 11.8 Å². The summed E-state index contributed by atoms with van der Waals surface area (Å²) in [5, 5.41) is 4.95. The molecular formula is C13H18N2O4. The average molecular weight is 266 g/mol. The molecule has 19 heavy (non-hydrogen) atoms. The highest BCUT2D eigenvalue weighted by Crippen LogP contribution is 1.96. The van der Waals surface area contributed by atoms with E-state index >= 15 is 0 Å². The highest BCUT2D eigenvalue weighted by molar-refractivity contribution is 6.35. The Kier molecular flexibility index (Phi) is 6.56. The fourth-order valence-corrected chi connectivity index (χ4v) is 1.38. The van der Waals surface area contributed by atoms with Crippen molar-refractivity contribution < 1.29 is 19.1 Å². The molecule has 6 nitrogen and oxygen atoms in total. The molecule has 0 aliphatic heterocycles. The van der Waals surface area contributed by atoms with Crippen LogP contribution in [0.4, 0.5) is 0 Å². The van der Waals surface area contributed by atoms with E-state index < -0.39 is 18.1 Å². The second-order valence-corrected chi connectivity index (χ2v) is 3.78. The van der Waals surface area contributed by atoms with Gasteiger partial charge in [0.05, 0.1) is 6.54 Å². The maximum atomic E-state index is 11.5. The molecule has 1 rings (SSSR count). The number of hydrogen-bond acceptors (Lipinski definition) is 4. The Hall–Kier alpha value is -1.92. The van der Waals surface area contributed by atoms with E-state index in [1.165, 1.54) is 14.2 Å². The van der Waals surface area contributed by atoms with Crippen molar-refractivity contribution in [2.75, 3.05) is 20.8 Å². The van der Waals surface area contributed by atoms with Gasteiger partial charge in [-0.2, -0.15) is 0 Å². The lowest BCUT2D eigenvalue weighted by molar-refractivity contribution is -0.141. The molecule has 0 aromatic heterocycles. The number of amides is 2. The molecule has 0 spiro atoms. The van der Waals surface area contributed by atoms with E-state index in [2.05, 4.69) is 10.6 Å². The minimum atomic E-state index is -0.713. The van der Waals surface area contributed by atoms with Crippen LogP contribution in [0.15, 0.2) is 30.3 Å². The van der Waals surface area contributed by atoms with E-state index in [9.17, 15) is 9.59 Å². The van der Waals surface area contributed by atoms with Crippen molar-refractivity contribution in [1.29, 1.82) is 0 Å². The molecule has 6 heteroatoms. The Morgan fingerprint density at radius 3 is 2.21 bits per heavy atom. The second kappa shape index (κ2) is 8.23. The third kappa shape index (κ3) is 5.50. The fourth-order valence-electron chi connectivity index (χ4n) is 1.38. The summed E-state index contributed by atoms with van der Waals surface area (Å²) < 4.78 is 9.78. The molecule has 0 fully saturated rings. The van der Waals surface area contributed by atoms with E-state index in [1.807, 2.05) is 30.3 Å². The molecule has 0 radical (unpaired) electrons. The SMILES string of the molecule is COC(CNC(=O)C(=O)NCc1ccccc1)OC. The molecule has 1 aromatic carbocycles. The summed E-state index contributed by atoms with van der Waals surface area (Å²) in [7, 11) is 2.91. The van der Waals surface area contributed by atoms with Crippen LogP contribution in [0.25, 0.3) is 0 Å². The predicted molar refractivity (Wildman–Crippen MR) is 69.1 cm³/mol. The first-order valence-corrected chi connectivity index (χ1v) is 5.83. The number of nitrogens with one attached hydrogen (secondary N) is 2. The normalized spacial score (nSPS) is 10.3. The van der Waals surface area contributed by atoms with Crippen LogP contribution in [-0.4, -0.2) is 38.9 Å². The lowest BCUT2D eigenvalue weighted by atomic mass is 10.2. The monoisotopic (exact) mass is 266 g/mol. The van der Waals surface area contributed by atoms with Crippen LogP contribution in [0, 0.1) is 0 Å². The van der Waals surface area contributed by atoms with Crippen LogP contribution in [0.5, 0.6) is 0 Å². The Bertz CT molecular complexity index is 404. The summed E-state index contributed by atoms with van der Waals surface area (Å²) in [6.07, 6.45) is -0.564.